The molecule has 0 saturated carbocycles. The molecule has 5 heteroatoms. The van der Waals surface area contributed by atoms with Crippen LogP contribution in [-0.2, 0) is 9.59 Å². The minimum Gasteiger partial charge on any atom is -0.375 e. The molecule has 0 spiro atoms. The maximum Gasteiger partial charge on any atom is 0.214 e. The van der Waals surface area contributed by atoms with Gasteiger partial charge in [0.2, 0.25) is 5.78 Å². The number of aldehydes is 1. The number of hydrogen-bond donors (Lipinski definition) is 1. The van der Waals surface area contributed by atoms with E-state index in [2.05, 4.69) is 0 Å². The summed E-state index contributed by atoms with van der Waals surface area (Å²) in [6.07, 6.45) is 0.595. The van der Waals surface area contributed by atoms with Crippen LogP contribution in [-0.4, -0.2) is 40.8 Å². The summed E-state index contributed by atoms with van der Waals surface area (Å²) in [6, 6.07) is 0. The molecule has 4 nitrogen and oxygen atoms in total. The van der Waals surface area contributed by atoms with Gasteiger partial charge < -0.3 is 14.8 Å². The predicted molar refractivity (Wildman–Crippen MR) is 65.6 cm³/mol. The Kier molecular flexibility index (Phi) is 3.69. The molecule has 0 aliphatic heterocycles. The van der Waals surface area contributed by atoms with Gasteiger partial charge in [-0.2, -0.15) is 0 Å². The molecule has 0 aromatic heterocycles. The minimum atomic E-state index is -1.79. The number of carbonyl (C=O) groups is 2. The van der Waals surface area contributed by atoms with Crippen LogP contribution in [0.15, 0.2) is 10.7 Å². The Morgan fingerprint density at radius 2 is 1.88 bits per heavy atom. The molecule has 0 aromatic carbocycles. The standard InChI is InChI=1S/C12H18ClNO3/c1-5-14(6-2)9-8(13)10(16)12(9,17)11(3,4)7-15/h7,17H,5-6H2,1-4H3. The second-order valence-electron chi connectivity index (χ2n) is 4.71. The van der Waals surface area contributed by atoms with Gasteiger partial charge in [0, 0.05) is 13.1 Å². The highest BCUT2D eigenvalue weighted by atomic mass is 35.5. The van der Waals surface area contributed by atoms with Crippen molar-refractivity contribution in [1.29, 1.82) is 0 Å². The number of nitrogens with zero attached hydrogens (tertiary/aromatic N) is 1. The van der Waals surface area contributed by atoms with Crippen molar-refractivity contribution >= 4 is 23.7 Å². The first-order valence-corrected chi connectivity index (χ1v) is 6.04. The second kappa shape index (κ2) is 4.42. The number of rotatable bonds is 5. The van der Waals surface area contributed by atoms with Crippen molar-refractivity contribution in [3.8, 4) is 0 Å². The molecule has 1 rings (SSSR count). The zero-order chi connectivity index (χ0) is 13.4. The highest BCUT2D eigenvalue weighted by Crippen LogP contribution is 2.48. The second-order valence-corrected chi connectivity index (χ2v) is 5.09. The van der Waals surface area contributed by atoms with Crippen LogP contribution in [0.5, 0.6) is 0 Å². The Bertz CT molecular complexity index is 385. The largest absolute Gasteiger partial charge is 0.375 e. The Hall–Kier alpha value is -0.870. The molecule has 0 fully saturated rings. The topological polar surface area (TPSA) is 57.6 Å². The summed E-state index contributed by atoms with van der Waals surface area (Å²) in [4.78, 5) is 24.7. The van der Waals surface area contributed by atoms with E-state index in [-0.39, 0.29) is 5.03 Å². The van der Waals surface area contributed by atoms with Crippen LogP contribution < -0.4 is 0 Å². The maximum absolute atomic E-state index is 11.8. The molecular formula is C12H18ClNO3. The average molecular weight is 260 g/mol. The van der Waals surface area contributed by atoms with Crippen molar-refractivity contribution < 1.29 is 14.7 Å². The molecule has 0 bridgehead atoms. The van der Waals surface area contributed by atoms with E-state index in [0.29, 0.717) is 25.1 Å². The fourth-order valence-corrected chi connectivity index (χ4v) is 2.45. The third kappa shape index (κ3) is 1.70. The van der Waals surface area contributed by atoms with Crippen molar-refractivity contribution in [2.24, 2.45) is 5.41 Å². The third-order valence-electron chi connectivity index (χ3n) is 3.39. The maximum atomic E-state index is 11.8. The Balaban J connectivity index is 3.29. The van der Waals surface area contributed by atoms with Crippen molar-refractivity contribution in [2.75, 3.05) is 13.1 Å². The molecule has 0 aromatic rings. The molecule has 1 atom stereocenters. The zero-order valence-corrected chi connectivity index (χ0v) is 11.3. The van der Waals surface area contributed by atoms with Gasteiger partial charge in [0.25, 0.3) is 0 Å². The van der Waals surface area contributed by atoms with Crippen LogP contribution in [0.1, 0.15) is 27.7 Å². The number of ketones is 1. The quantitative estimate of drug-likeness (QED) is 0.757. The summed E-state index contributed by atoms with van der Waals surface area (Å²) in [5.74, 6) is -0.571. The van der Waals surface area contributed by atoms with E-state index in [4.69, 9.17) is 11.6 Å². The Labute approximate surface area is 106 Å². The van der Waals surface area contributed by atoms with Crippen LogP contribution in [0.25, 0.3) is 0 Å². The number of Topliss-reactive ketones (excluding diaryl/α,β-unsaturated/α-hetero) is 1. The molecule has 0 saturated heterocycles. The molecular weight excluding hydrogens is 242 g/mol. The van der Waals surface area contributed by atoms with Gasteiger partial charge in [0.15, 0.2) is 5.60 Å². The summed E-state index contributed by atoms with van der Waals surface area (Å²) >= 11 is 5.88. The predicted octanol–water partition coefficient (Wildman–Crippen LogP) is 1.32. The minimum absolute atomic E-state index is 0.0334. The van der Waals surface area contributed by atoms with Crippen LogP contribution in [0.4, 0.5) is 0 Å². The Morgan fingerprint density at radius 3 is 2.24 bits per heavy atom. The monoisotopic (exact) mass is 259 g/mol. The molecule has 0 heterocycles. The summed E-state index contributed by atoms with van der Waals surface area (Å²) in [5.41, 5.74) is -2.61. The number of hydrogen-bond acceptors (Lipinski definition) is 4. The van der Waals surface area contributed by atoms with E-state index in [1.165, 1.54) is 13.8 Å². The molecule has 1 unspecified atom stereocenters. The van der Waals surface area contributed by atoms with Crippen LogP contribution >= 0.6 is 11.6 Å². The molecule has 1 aliphatic rings. The van der Waals surface area contributed by atoms with E-state index in [9.17, 15) is 14.7 Å². The lowest BCUT2D eigenvalue weighted by Gasteiger charge is -2.49. The van der Waals surface area contributed by atoms with E-state index < -0.39 is 16.8 Å². The number of likely N-dealkylation sites (N-methyl/N-ethyl adjacent to an activating group) is 1. The number of halogens is 1. The molecule has 1 aliphatic carbocycles. The Morgan fingerprint density at radius 1 is 1.41 bits per heavy atom. The SMILES string of the molecule is CCN(CC)C1=C(Cl)C(=O)C1(O)C(C)(C)C=O. The van der Waals surface area contributed by atoms with Gasteiger partial charge in [-0.25, -0.2) is 0 Å². The van der Waals surface area contributed by atoms with Crippen molar-refractivity contribution in [2.45, 2.75) is 33.3 Å². The van der Waals surface area contributed by atoms with Crippen LogP contribution in [0.3, 0.4) is 0 Å². The molecule has 0 radical (unpaired) electrons. The van der Waals surface area contributed by atoms with Gasteiger partial charge in [-0.05, 0) is 27.7 Å². The summed E-state index contributed by atoms with van der Waals surface area (Å²) in [6.45, 7) is 8.10. The lowest BCUT2D eigenvalue weighted by atomic mass is 9.65. The number of aliphatic hydroxyl groups is 1. The first-order chi connectivity index (χ1) is 7.77. The summed E-state index contributed by atoms with van der Waals surface area (Å²) in [7, 11) is 0. The molecule has 0 amide bonds. The van der Waals surface area contributed by atoms with Gasteiger partial charge in [-0.15, -0.1) is 0 Å². The average Bonchev–Trinajstić information content (AvgIpc) is 2.33. The van der Waals surface area contributed by atoms with E-state index in [1.807, 2.05) is 13.8 Å². The lowest BCUT2D eigenvalue weighted by Crippen LogP contribution is -2.63. The van der Waals surface area contributed by atoms with E-state index in [1.54, 1.807) is 4.90 Å². The van der Waals surface area contributed by atoms with Gasteiger partial charge in [0.05, 0.1) is 11.1 Å². The lowest BCUT2D eigenvalue weighted by molar-refractivity contribution is -0.153. The van der Waals surface area contributed by atoms with Gasteiger partial charge in [0.1, 0.15) is 11.3 Å². The molecule has 17 heavy (non-hydrogen) atoms. The number of carbonyl (C=O) groups excluding carboxylic acids is 2. The van der Waals surface area contributed by atoms with Gasteiger partial charge in [-0.3, -0.25) is 4.79 Å². The highest BCUT2D eigenvalue weighted by Gasteiger charge is 2.62. The highest BCUT2D eigenvalue weighted by molar-refractivity contribution is 6.48. The van der Waals surface area contributed by atoms with Crippen molar-refractivity contribution in [3.05, 3.63) is 10.7 Å². The normalized spacial score (nSPS) is 24.7. The fourth-order valence-electron chi connectivity index (χ4n) is 2.06. The van der Waals surface area contributed by atoms with Crippen molar-refractivity contribution in [3.63, 3.8) is 0 Å². The van der Waals surface area contributed by atoms with E-state index >= 15 is 0 Å². The third-order valence-corrected chi connectivity index (χ3v) is 3.74. The fraction of sp³-hybridized carbons (Fsp3) is 0.667. The van der Waals surface area contributed by atoms with Crippen LogP contribution in [0.2, 0.25) is 0 Å². The first-order valence-electron chi connectivity index (χ1n) is 5.66. The summed E-state index contributed by atoms with van der Waals surface area (Å²) in [5, 5.41) is 10.5. The van der Waals surface area contributed by atoms with Crippen molar-refractivity contribution in [1.82, 2.24) is 4.90 Å². The van der Waals surface area contributed by atoms with Gasteiger partial charge in [-0.1, -0.05) is 11.6 Å². The van der Waals surface area contributed by atoms with Gasteiger partial charge >= 0.3 is 0 Å². The first kappa shape index (κ1) is 14.2. The smallest absolute Gasteiger partial charge is 0.214 e. The molecule has 1 N–H and O–H groups in total. The summed E-state index contributed by atoms with van der Waals surface area (Å²) < 4.78 is 0. The van der Waals surface area contributed by atoms with Crippen LogP contribution in [0, 0.1) is 5.41 Å². The van der Waals surface area contributed by atoms with E-state index in [0.717, 1.165) is 0 Å². The zero-order valence-electron chi connectivity index (χ0n) is 10.6. The molecule has 96 valence electrons.